The summed E-state index contributed by atoms with van der Waals surface area (Å²) in [7, 11) is 1.92. The van der Waals surface area contributed by atoms with Crippen molar-refractivity contribution in [3.8, 4) is 6.07 Å². The fraction of sp³-hybridized carbons (Fsp3) is 0.667. The van der Waals surface area contributed by atoms with Gasteiger partial charge >= 0.3 is 0 Å². The molecule has 2 rings (SSSR count). The predicted molar refractivity (Wildman–Crippen MR) is 58.4 cm³/mol. The monoisotopic (exact) mass is 203 g/mol. The lowest BCUT2D eigenvalue weighted by atomic mass is 9.84. The predicted octanol–water partition coefficient (Wildman–Crippen LogP) is 2.27. The molecule has 1 aliphatic rings. The molecule has 1 aliphatic carbocycles. The molecule has 0 spiro atoms. The third-order valence-electron chi connectivity index (χ3n) is 3.02. The average Bonchev–Trinajstić information content (AvgIpc) is 2.82. The number of nitriles is 1. The molecule has 0 amide bonds. The summed E-state index contributed by atoms with van der Waals surface area (Å²) in [6, 6.07) is 2.44. The molecule has 0 N–H and O–H groups in total. The van der Waals surface area contributed by atoms with Gasteiger partial charge in [0.15, 0.2) is 0 Å². The fourth-order valence-electron chi connectivity index (χ4n) is 1.96. The molecule has 0 aromatic carbocycles. The Morgan fingerprint density at radius 1 is 1.47 bits per heavy atom. The van der Waals surface area contributed by atoms with Gasteiger partial charge in [-0.15, -0.1) is 0 Å². The van der Waals surface area contributed by atoms with E-state index in [1.807, 2.05) is 17.9 Å². The number of aromatic nitrogens is 2. The van der Waals surface area contributed by atoms with Crippen molar-refractivity contribution in [1.29, 1.82) is 5.26 Å². The molecule has 1 fully saturated rings. The molecule has 3 heteroatoms. The Morgan fingerprint density at radius 2 is 2.07 bits per heavy atom. The van der Waals surface area contributed by atoms with Crippen LogP contribution < -0.4 is 0 Å². The molecule has 0 unspecified atom stereocenters. The Balaban J connectivity index is 2.54. The molecule has 1 saturated carbocycles. The minimum atomic E-state index is -0.225. The quantitative estimate of drug-likeness (QED) is 0.702. The molecule has 80 valence electrons. The maximum atomic E-state index is 9.22. The van der Waals surface area contributed by atoms with Gasteiger partial charge in [-0.3, -0.25) is 4.68 Å². The van der Waals surface area contributed by atoms with E-state index in [9.17, 15) is 5.26 Å². The highest BCUT2D eigenvalue weighted by atomic mass is 15.3. The third-order valence-corrected chi connectivity index (χ3v) is 3.02. The Kier molecular flexibility index (Phi) is 1.94. The van der Waals surface area contributed by atoms with Gasteiger partial charge in [0.05, 0.1) is 17.2 Å². The van der Waals surface area contributed by atoms with Gasteiger partial charge in [-0.05, 0) is 12.8 Å². The summed E-state index contributed by atoms with van der Waals surface area (Å²) in [5.41, 5.74) is 2.00. The summed E-state index contributed by atoms with van der Waals surface area (Å²) in [6.07, 6.45) is 3.98. The maximum Gasteiger partial charge on any atom is 0.0857 e. The van der Waals surface area contributed by atoms with E-state index in [1.54, 1.807) is 0 Å². The van der Waals surface area contributed by atoms with E-state index in [4.69, 9.17) is 0 Å². The van der Waals surface area contributed by atoms with Gasteiger partial charge < -0.3 is 0 Å². The number of hydrogen-bond donors (Lipinski definition) is 0. The van der Waals surface area contributed by atoms with Gasteiger partial charge in [0, 0.05) is 24.2 Å². The van der Waals surface area contributed by atoms with E-state index in [2.05, 4.69) is 31.9 Å². The molecular weight excluding hydrogens is 186 g/mol. The molecule has 3 nitrogen and oxygen atoms in total. The molecule has 1 aromatic rings. The summed E-state index contributed by atoms with van der Waals surface area (Å²) >= 11 is 0. The molecular formula is C12H17N3. The zero-order valence-electron chi connectivity index (χ0n) is 9.83. The van der Waals surface area contributed by atoms with Crippen LogP contribution in [-0.2, 0) is 17.9 Å². The van der Waals surface area contributed by atoms with Gasteiger partial charge in [-0.1, -0.05) is 20.8 Å². The largest absolute Gasteiger partial charge is 0.275 e. The first kappa shape index (κ1) is 10.2. The van der Waals surface area contributed by atoms with E-state index in [0.29, 0.717) is 0 Å². The zero-order valence-corrected chi connectivity index (χ0v) is 9.83. The highest BCUT2D eigenvalue weighted by molar-refractivity contribution is 5.42. The Morgan fingerprint density at radius 3 is 2.47 bits per heavy atom. The molecule has 0 atom stereocenters. The van der Waals surface area contributed by atoms with Crippen molar-refractivity contribution >= 4 is 0 Å². The first-order chi connectivity index (χ1) is 6.89. The standard InChI is InChI=1S/C12H17N3/c1-11(2,3)10-9(7-15(4)14-10)12(8-13)5-6-12/h7H,5-6H2,1-4H3. The van der Waals surface area contributed by atoms with Crippen LogP contribution in [0.15, 0.2) is 6.20 Å². The summed E-state index contributed by atoms with van der Waals surface area (Å²) in [4.78, 5) is 0. The summed E-state index contributed by atoms with van der Waals surface area (Å²) in [5, 5.41) is 13.7. The Labute approximate surface area is 90.7 Å². The van der Waals surface area contributed by atoms with E-state index in [-0.39, 0.29) is 10.8 Å². The Hall–Kier alpha value is -1.30. The summed E-state index contributed by atoms with van der Waals surface area (Å²) < 4.78 is 1.83. The van der Waals surface area contributed by atoms with Crippen LogP contribution in [0.5, 0.6) is 0 Å². The second-order valence-corrected chi connectivity index (χ2v) is 5.51. The van der Waals surface area contributed by atoms with Crippen LogP contribution in [0.2, 0.25) is 0 Å². The van der Waals surface area contributed by atoms with Crippen LogP contribution in [0.4, 0.5) is 0 Å². The van der Waals surface area contributed by atoms with Crippen molar-refractivity contribution in [2.75, 3.05) is 0 Å². The van der Waals surface area contributed by atoms with Gasteiger partial charge in [-0.25, -0.2) is 0 Å². The minimum absolute atomic E-state index is 0.0169. The van der Waals surface area contributed by atoms with Gasteiger partial charge in [0.25, 0.3) is 0 Å². The topological polar surface area (TPSA) is 41.6 Å². The van der Waals surface area contributed by atoms with Gasteiger partial charge in [-0.2, -0.15) is 10.4 Å². The Bertz CT molecular complexity index is 425. The molecule has 1 heterocycles. The van der Waals surface area contributed by atoms with Crippen LogP contribution in [0.25, 0.3) is 0 Å². The molecule has 0 bridgehead atoms. The molecule has 0 aliphatic heterocycles. The van der Waals surface area contributed by atoms with Crippen molar-refractivity contribution in [1.82, 2.24) is 9.78 Å². The highest BCUT2D eigenvalue weighted by Gasteiger charge is 2.48. The SMILES string of the molecule is Cn1cc(C2(C#N)CC2)c(C(C)(C)C)n1. The van der Waals surface area contributed by atoms with E-state index < -0.39 is 0 Å². The first-order valence-corrected chi connectivity index (χ1v) is 5.35. The second-order valence-electron chi connectivity index (χ2n) is 5.51. The second kappa shape index (κ2) is 2.85. The van der Waals surface area contributed by atoms with Crippen molar-refractivity contribution in [3.05, 3.63) is 17.5 Å². The van der Waals surface area contributed by atoms with Gasteiger partial charge in [0.2, 0.25) is 0 Å². The van der Waals surface area contributed by atoms with Crippen molar-refractivity contribution < 1.29 is 0 Å². The number of aryl methyl sites for hydroxylation is 1. The lowest BCUT2D eigenvalue weighted by Crippen LogP contribution is -2.18. The molecule has 15 heavy (non-hydrogen) atoms. The van der Waals surface area contributed by atoms with Crippen molar-refractivity contribution in [3.63, 3.8) is 0 Å². The summed E-state index contributed by atoms with van der Waals surface area (Å²) in [5.74, 6) is 0. The average molecular weight is 203 g/mol. The molecule has 0 saturated heterocycles. The molecule has 0 radical (unpaired) electrons. The van der Waals surface area contributed by atoms with Crippen LogP contribution >= 0.6 is 0 Å². The summed E-state index contributed by atoms with van der Waals surface area (Å²) in [6.45, 7) is 6.44. The first-order valence-electron chi connectivity index (χ1n) is 5.35. The fourth-order valence-corrected chi connectivity index (χ4v) is 1.96. The molecule has 1 aromatic heterocycles. The lowest BCUT2D eigenvalue weighted by molar-refractivity contribution is 0.545. The smallest absolute Gasteiger partial charge is 0.0857 e. The number of nitrogens with zero attached hydrogens (tertiary/aromatic N) is 3. The van der Waals surface area contributed by atoms with E-state index in [1.165, 1.54) is 0 Å². The number of rotatable bonds is 1. The lowest BCUT2D eigenvalue weighted by Gasteiger charge is -2.19. The third kappa shape index (κ3) is 1.54. The zero-order chi connectivity index (χ0) is 11.3. The maximum absolute atomic E-state index is 9.22. The van der Waals surface area contributed by atoms with Crippen molar-refractivity contribution in [2.45, 2.75) is 44.4 Å². The van der Waals surface area contributed by atoms with E-state index in [0.717, 1.165) is 24.1 Å². The number of hydrogen-bond acceptors (Lipinski definition) is 2. The van der Waals surface area contributed by atoms with Crippen LogP contribution in [0, 0.1) is 11.3 Å². The normalized spacial score (nSPS) is 18.6. The highest BCUT2D eigenvalue weighted by Crippen LogP contribution is 2.50. The van der Waals surface area contributed by atoms with E-state index >= 15 is 0 Å². The van der Waals surface area contributed by atoms with Crippen LogP contribution in [-0.4, -0.2) is 9.78 Å². The van der Waals surface area contributed by atoms with Crippen molar-refractivity contribution in [2.24, 2.45) is 7.05 Å². The van der Waals surface area contributed by atoms with Crippen LogP contribution in [0.1, 0.15) is 44.9 Å². The minimum Gasteiger partial charge on any atom is -0.275 e. The van der Waals surface area contributed by atoms with Crippen LogP contribution in [0.3, 0.4) is 0 Å². The van der Waals surface area contributed by atoms with Gasteiger partial charge in [0.1, 0.15) is 0 Å².